The summed E-state index contributed by atoms with van der Waals surface area (Å²) in [6.45, 7) is 14.5. The molecule has 18 rings (SSSR count). The summed E-state index contributed by atoms with van der Waals surface area (Å²) in [5.74, 6) is 0. The van der Waals surface area contributed by atoms with Crippen LogP contribution < -0.4 is 0 Å². The molecule has 0 N–H and O–H groups in total. The molecule has 7 heterocycles. The third kappa shape index (κ3) is 28.1. The van der Waals surface area contributed by atoms with Crippen molar-refractivity contribution in [2.75, 3.05) is 0 Å². The molecule has 7 aromatic heterocycles. The first-order chi connectivity index (χ1) is 57.0. The predicted molar refractivity (Wildman–Crippen MR) is 479 cm³/mol. The first-order valence-corrected chi connectivity index (χ1v) is 38.7. The second kappa shape index (κ2) is 50.1. The molecule has 0 atom stereocenters. The van der Waals surface area contributed by atoms with Gasteiger partial charge in [-0.1, -0.05) is 189 Å². The van der Waals surface area contributed by atoms with E-state index in [0.717, 1.165) is 113 Å². The summed E-state index contributed by atoms with van der Waals surface area (Å²) < 4.78 is 0. The fourth-order valence-electron chi connectivity index (χ4n) is 12.6. The van der Waals surface area contributed by atoms with Crippen molar-refractivity contribution >= 4 is 0 Å². The van der Waals surface area contributed by atoms with Crippen molar-refractivity contribution in [1.82, 2.24) is 34.9 Å². The third-order valence-electron chi connectivity index (χ3n) is 18.7. The van der Waals surface area contributed by atoms with Crippen molar-refractivity contribution in [3.8, 4) is 123 Å². The van der Waals surface area contributed by atoms with E-state index in [-0.39, 0.29) is 80.4 Å². The monoisotopic (exact) mass is 2270 g/mol. The number of aromatic nitrogens is 7. The van der Waals surface area contributed by atoms with Crippen molar-refractivity contribution in [2.45, 2.75) is 54.9 Å². The van der Waals surface area contributed by atoms with Crippen LogP contribution in [-0.4, -0.2) is 34.9 Å². The molecule has 602 valence electrons. The van der Waals surface area contributed by atoms with E-state index in [9.17, 15) is 0 Å². The van der Waals surface area contributed by atoms with Crippen LogP contribution in [0.25, 0.3) is 123 Å². The van der Waals surface area contributed by atoms with Gasteiger partial charge in [0.05, 0.1) is 0 Å². The quantitative estimate of drug-likeness (QED) is 0.113. The molecule has 11 heteroatoms. The van der Waals surface area contributed by atoms with Crippen LogP contribution in [0, 0.1) is 84.0 Å². The van der Waals surface area contributed by atoms with E-state index in [2.05, 4.69) is 214 Å². The zero-order chi connectivity index (χ0) is 80.3. The molecule has 18 aromatic rings. The fourth-order valence-corrected chi connectivity index (χ4v) is 12.6. The van der Waals surface area contributed by atoms with Crippen LogP contribution in [0.4, 0.5) is 0 Å². The zero-order valence-electron chi connectivity index (χ0n) is 67.7. The van der Waals surface area contributed by atoms with Crippen molar-refractivity contribution in [2.24, 2.45) is 0 Å². The van der Waals surface area contributed by atoms with Crippen molar-refractivity contribution in [1.29, 1.82) is 0 Å². The molecule has 0 amide bonds. The first-order valence-electron chi connectivity index (χ1n) is 38.7. The Bertz CT molecular complexity index is 5650. The van der Waals surface area contributed by atoms with E-state index in [1.165, 1.54) is 55.6 Å². The molecule has 0 bridgehead atoms. The standard InChI is InChI=1S/C19H16N.3C18H14N.3C12H10N.4Ir/c1-2-15-13-19(17-11-7-4-8-12-17)20-14-18(15)16-9-5-3-6-10-16;1-14-12-18(16-10-6-3-7-11-16)19-13-17(14)15-8-4-2-5-9-15;2*1-14-7-5-6-10-17(14)16-11-12-18(19-13-16)15-8-3-2-4-9-15;3*1-10-6-5-9-12(13-10)11-7-3-2-4-8-11;;;;/h3-11,13-14H,2H2,1H3;2-10,12-13H,1H3;2*2-8,10-13H,1H3;3*2-7,9H,1H3;;;;/q7*-1;;;;. The number of benzene rings is 11. The average molecular weight is 2260 g/mol. The topological polar surface area (TPSA) is 90.2 Å². The summed E-state index contributed by atoms with van der Waals surface area (Å²) in [6, 6.07) is 146. The zero-order valence-corrected chi connectivity index (χ0v) is 77.3. The second-order valence-corrected chi connectivity index (χ2v) is 27.1. The fraction of sp³-hybridized carbons (Fsp3) is 0.0734. The largest absolute Gasteiger partial charge is 0.304 e. The Kier molecular flexibility index (Phi) is 39.1. The van der Waals surface area contributed by atoms with Gasteiger partial charge in [0.15, 0.2) is 0 Å². The second-order valence-electron chi connectivity index (χ2n) is 27.1. The minimum absolute atomic E-state index is 0. The van der Waals surface area contributed by atoms with Gasteiger partial charge in [0.2, 0.25) is 0 Å². The molecule has 11 aromatic carbocycles. The number of pyridine rings is 7. The van der Waals surface area contributed by atoms with Crippen molar-refractivity contribution in [3.63, 3.8) is 0 Å². The summed E-state index contributed by atoms with van der Waals surface area (Å²) in [5, 5.41) is 0. The molecule has 4 radical (unpaired) electrons. The molecule has 0 spiro atoms. The normalized spacial score (nSPS) is 9.89. The number of hydrogen-bond donors (Lipinski definition) is 0. The van der Waals surface area contributed by atoms with E-state index in [4.69, 9.17) is 0 Å². The van der Waals surface area contributed by atoms with Crippen LogP contribution in [0.2, 0.25) is 0 Å². The van der Waals surface area contributed by atoms with Gasteiger partial charge in [0.25, 0.3) is 0 Å². The van der Waals surface area contributed by atoms with Gasteiger partial charge in [0.1, 0.15) is 0 Å². The van der Waals surface area contributed by atoms with E-state index in [0.29, 0.717) is 0 Å². The van der Waals surface area contributed by atoms with Crippen molar-refractivity contribution < 1.29 is 80.4 Å². The SMILES string of the molecule is CCc1cc(-c2[c-]cccc2)ncc1-c1ccccc1.Cc1cc(-c2[c-]cccc2)ncc1-c1ccccc1.Cc1cccc(-c2[c-]cccc2)n1.Cc1cccc(-c2[c-]cccc2)n1.Cc1cccc(-c2[c-]cccc2)n1.Cc1ccccc1-c1ccc(-c2[c-]cccc2)nc1.Cc1ccccc1-c1ccc(-c2[c-]cccc2)nc1.[Ir].[Ir].[Ir].[Ir]. The maximum atomic E-state index is 4.60. The minimum Gasteiger partial charge on any atom is -0.304 e. The molecule has 0 unspecified atom stereocenters. The smallest absolute Gasteiger partial charge is 0.0266 e. The number of nitrogens with zero attached hydrogens (tertiary/aromatic N) is 7. The first kappa shape index (κ1) is 93.6. The van der Waals surface area contributed by atoms with Gasteiger partial charge in [-0.3, -0.25) is 0 Å². The molecule has 7 nitrogen and oxygen atoms in total. The number of aryl methyl sites for hydroxylation is 7. The number of rotatable bonds is 12. The molecular weight excluding hydrogens is 2180 g/mol. The van der Waals surface area contributed by atoms with Crippen LogP contribution in [0.1, 0.15) is 46.3 Å². The average Bonchev–Trinajstić information content (AvgIpc) is 0.878. The molecule has 120 heavy (non-hydrogen) atoms. The third-order valence-corrected chi connectivity index (χ3v) is 18.7. The molecule has 0 aliphatic rings. The van der Waals surface area contributed by atoms with Crippen LogP contribution in [0.5, 0.6) is 0 Å². The van der Waals surface area contributed by atoms with Gasteiger partial charge in [-0.15, -0.1) is 251 Å². The molecule has 0 saturated carbocycles. The number of hydrogen-bond acceptors (Lipinski definition) is 7. The maximum absolute atomic E-state index is 4.60. The molecular formula is C109H88Ir4N7-7. The Balaban J connectivity index is 0.000000174. The molecule has 0 aliphatic heterocycles. The van der Waals surface area contributed by atoms with Gasteiger partial charge in [-0.05, 0) is 162 Å². The predicted octanol–water partition coefficient (Wildman–Crippen LogP) is 26.9. The van der Waals surface area contributed by atoms with Crippen LogP contribution in [-0.2, 0) is 86.8 Å². The van der Waals surface area contributed by atoms with Gasteiger partial charge in [-0.25, -0.2) is 0 Å². The molecule has 0 saturated heterocycles. The van der Waals surface area contributed by atoms with E-state index in [1.807, 2.05) is 306 Å². The molecule has 0 fully saturated rings. The Morgan fingerprint density at radius 2 is 0.492 bits per heavy atom. The summed E-state index contributed by atoms with van der Waals surface area (Å²) in [7, 11) is 0. The van der Waals surface area contributed by atoms with E-state index >= 15 is 0 Å². The maximum Gasteiger partial charge on any atom is 0.0266 e. The van der Waals surface area contributed by atoms with Gasteiger partial charge < -0.3 is 34.9 Å². The Morgan fingerprint density at radius 3 is 0.783 bits per heavy atom. The Hall–Kier alpha value is -11.9. The summed E-state index contributed by atoms with van der Waals surface area (Å²) in [6.07, 6.45) is 8.77. The molecule has 0 aliphatic carbocycles. The summed E-state index contributed by atoms with van der Waals surface area (Å²) in [4.78, 5) is 31.5. The summed E-state index contributed by atoms with van der Waals surface area (Å²) in [5.41, 5.74) is 31.9. The summed E-state index contributed by atoms with van der Waals surface area (Å²) >= 11 is 0. The van der Waals surface area contributed by atoms with Crippen LogP contribution >= 0.6 is 0 Å². The van der Waals surface area contributed by atoms with E-state index in [1.54, 1.807) is 0 Å². The van der Waals surface area contributed by atoms with Gasteiger partial charge in [-0.2, -0.15) is 0 Å². The van der Waals surface area contributed by atoms with Crippen molar-refractivity contribution in [3.05, 3.63) is 477 Å². The Morgan fingerprint density at radius 1 is 0.208 bits per heavy atom. The minimum atomic E-state index is 0. The van der Waals surface area contributed by atoms with Gasteiger partial charge in [0, 0.05) is 133 Å². The van der Waals surface area contributed by atoms with Gasteiger partial charge >= 0.3 is 0 Å². The Labute approximate surface area is 763 Å². The van der Waals surface area contributed by atoms with Crippen LogP contribution in [0.3, 0.4) is 0 Å². The van der Waals surface area contributed by atoms with E-state index < -0.39 is 0 Å². The van der Waals surface area contributed by atoms with Crippen LogP contribution in [0.15, 0.2) is 395 Å².